The summed E-state index contributed by atoms with van der Waals surface area (Å²) in [6.07, 6.45) is 2.49. The molecule has 0 aliphatic carbocycles. The van der Waals surface area contributed by atoms with Crippen LogP contribution in [0.1, 0.15) is 53.4 Å². The quantitative estimate of drug-likeness (QED) is 0.629. The smallest absolute Gasteiger partial charge is 0.252 e. The molecule has 1 aliphatic heterocycles. The number of benzene rings is 3. The Balaban J connectivity index is 1.53. The normalized spacial score (nSPS) is 17.1. The Labute approximate surface area is 172 Å². The van der Waals surface area contributed by atoms with E-state index < -0.39 is 0 Å². The van der Waals surface area contributed by atoms with E-state index in [1.54, 1.807) is 0 Å². The first-order valence-corrected chi connectivity index (χ1v) is 10.2. The predicted octanol–water partition coefficient (Wildman–Crippen LogP) is 5.50. The zero-order valence-electron chi connectivity index (χ0n) is 17.0. The topological polar surface area (TPSA) is 38.3 Å². The first kappa shape index (κ1) is 19.3. The highest BCUT2D eigenvalue weighted by molar-refractivity contribution is 5.96. The summed E-state index contributed by atoms with van der Waals surface area (Å²) >= 11 is 0. The lowest BCUT2D eigenvalue weighted by molar-refractivity contribution is 0.0619. The Morgan fingerprint density at radius 3 is 2.45 bits per heavy atom. The minimum atomic E-state index is -0.320. The van der Waals surface area contributed by atoms with Crippen LogP contribution in [0.5, 0.6) is 5.75 Å². The van der Waals surface area contributed by atoms with E-state index in [0.717, 1.165) is 41.7 Å². The fourth-order valence-electron chi connectivity index (χ4n) is 4.05. The van der Waals surface area contributed by atoms with E-state index >= 15 is 0 Å². The second kappa shape index (κ2) is 8.12. The lowest BCUT2D eigenvalue weighted by Gasteiger charge is -2.38. The van der Waals surface area contributed by atoms with Gasteiger partial charge in [0.15, 0.2) is 0 Å². The number of amides is 1. The molecule has 3 aromatic carbocycles. The van der Waals surface area contributed by atoms with Crippen LogP contribution in [0, 0.1) is 0 Å². The van der Waals surface area contributed by atoms with Gasteiger partial charge in [0.1, 0.15) is 11.4 Å². The molecule has 4 rings (SSSR count). The highest BCUT2D eigenvalue weighted by Crippen LogP contribution is 2.39. The third-order valence-electron chi connectivity index (χ3n) is 5.47. The van der Waals surface area contributed by atoms with Gasteiger partial charge in [0, 0.05) is 17.5 Å². The number of rotatable bonds is 5. The molecule has 29 heavy (non-hydrogen) atoms. The third kappa shape index (κ3) is 4.51. The molecule has 1 atom stereocenters. The Morgan fingerprint density at radius 2 is 1.62 bits per heavy atom. The Morgan fingerprint density at radius 1 is 0.931 bits per heavy atom. The molecule has 0 saturated carbocycles. The lowest BCUT2D eigenvalue weighted by atomic mass is 9.89. The van der Waals surface area contributed by atoms with E-state index in [2.05, 4.69) is 49.5 Å². The van der Waals surface area contributed by atoms with Crippen molar-refractivity contribution < 1.29 is 9.53 Å². The van der Waals surface area contributed by atoms with Crippen molar-refractivity contribution in [2.45, 2.75) is 44.8 Å². The number of para-hydroxylation sites is 1. The van der Waals surface area contributed by atoms with E-state index in [1.165, 1.54) is 5.56 Å². The number of aryl methyl sites for hydroxylation is 2. The molecule has 0 saturated heterocycles. The average molecular weight is 386 g/mol. The van der Waals surface area contributed by atoms with Crippen LogP contribution in [-0.4, -0.2) is 11.5 Å². The van der Waals surface area contributed by atoms with Crippen molar-refractivity contribution in [2.24, 2.45) is 0 Å². The van der Waals surface area contributed by atoms with Crippen LogP contribution in [0.4, 0.5) is 0 Å². The van der Waals surface area contributed by atoms with Crippen molar-refractivity contribution in [3.63, 3.8) is 0 Å². The van der Waals surface area contributed by atoms with Crippen LogP contribution in [-0.2, 0) is 12.8 Å². The molecule has 1 heterocycles. The van der Waals surface area contributed by atoms with Gasteiger partial charge in [-0.2, -0.15) is 0 Å². The van der Waals surface area contributed by atoms with Gasteiger partial charge in [0.2, 0.25) is 0 Å². The fourth-order valence-corrected chi connectivity index (χ4v) is 4.05. The van der Waals surface area contributed by atoms with Crippen LogP contribution in [0.25, 0.3) is 0 Å². The number of fused-ring (bicyclic) bond motifs is 1. The molecule has 1 N–H and O–H groups in total. The van der Waals surface area contributed by atoms with Crippen molar-refractivity contribution in [3.8, 4) is 5.75 Å². The minimum absolute atomic E-state index is 0.0221. The summed E-state index contributed by atoms with van der Waals surface area (Å²) in [6.45, 7) is 4.13. The Hall–Kier alpha value is -3.07. The lowest BCUT2D eigenvalue weighted by Crippen LogP contribution is -2.41. The molecule has 1 amide bonds. The SMILES string of the molecule is CC1(C)CC(NC(=O)c2ccccc2CCc2ccccc2)c2ccccc2O1. The summed E-state index contributed by atoms with van der Waals surface area (Å²) in [7, 11) is 0. The van der Waals surface area contributed by atoms with Gasteiger partial charge in [0.25, 0.3) is 5.91 Å². The first-order valence-electron chi connectivity index (χ1n) is 10.2. The highest BCUT2D eigenvalue weighted by Gasteiger charge is 2.34. The number of hydrogen-bond donors (Lipinski definition) is 1. The first-order chi connectivity index (χ1) is 14.0. The zero-order valence-corrected chi connectivity index (χ0v) is 17.0. The maximum atomic E-state index is 13.2. The molecular weight excluding hydrogens is 358 g/mol. The van der Waals surface area contributed by atoms with E-state index in [1.807, 2.05) is 48.5 Å². The second-order valence-corrected chi connectivity index (χ2v) is 8.27. The molecule has 3 aromatic rings. The molecule has 1 aliphatic rings. The van der Waals surface area contributed by atoms with Crippen LogP contribution in [0.15, 0.2) is 78.9 Å². The number of ether oxygens (including phenoxy) is 1. The van der Waals surface area contributed by atoms with Crippen molar-refractivity contribution in [1.82, 2.24) is 5.32 Å². The van der Waals surface area contributed by atoms with Crippen LogP contribution >= 0.6 is 0 Å². The highest BCUT2D eigenvalue weighted by atomic mass is 16.5. The summed E-state index contributed by atoms with van der Waals surface area (Å²) in [5.41, 5.74) is 3.84. The minimum Gasteiger partial charge on any atom is -0.487 e. The Kier molecular flexibility index (Phi) is 5.39. The molecule has 1 unspecified atom stereocenters. The number of carbonyl (C=O) groups is 1. The van der Waals surface area contributed by atoms with Gasteiger partial charge < -0.3 is 10.1 Å². The van der Waals surface area contributed by atoms with Gasteiger partial charge in [0.05, 0.1) is 6.04 Å². The second-order valence-electron chi connectivity index (χ2n) is 8.27. The van der Waals surface area contributed by atoms with Crippen LogP contribution in [0.3, 0.4) is 0 Å². The van der Waals surface area contributed by atoms with Crippen molar-refractivity contribution in [3.05, 3.63) is 101 Å². The van der Waals surface area contributed by atoms with Crippen molar-refractivity contribution in [2.75, 3.05) is 0 Å². The van der Waals surface area contributed by atoms with Crippen LogP contribution in [0.2, 0.25) is 0 Å². The molecule has 3 heteroatoms. The number of nitrogens with one attached hydrogen (secondary N) is 1. The molecule has 0 aromatic heterocycles. The Bertz CT molecular complexity index is 994. The van der Waals surface area contributed by atoms with E-state index in [9.17, 15) is 4.79 Å². The summed E-state index contributed by atoms with van der Waals surface area (Å²) in [5.74, 6) is 0.831. The molecule has 148 valence electrons. The summed E-state index contributed by atoms with van der Waals surface area (Å²) < 4.78 is 6.10. The van der Waals surface area contributed by atoms with Gasteiger partial charge in [-0.15, -0.1) is 0 Å². The fraction of sp³-hybridized carbons (Fsp3) is 0.269. The molecule has 0 fully saturated rings. The van der Waals surface area contributed by atoms with Gasteiger partial charge >= 0.3 is 0 Å². The van der Waals surface area contributed by atoms with Gasteiger partial charge in [-0.1, -0.05) is 66.7 Å². The maximum Gasteiger partial charge on any atom is 0.252 e. The number of hydrogen-bond acceptors (Lipinski definition) is 2. The van der Waals surface area contributed by atoms with Crippen molar-refractivity contribution >= 4 is 5.91 Å². The van der Waals surface area contributed by atoms with Crippen LogP contribution < -0.4 is 10.1 Å². The average Bonchev–Trinajstić information content (AvgIpc) is 2.72. The summed E-state index contributed by atoms with van der Waals surface area (Å²) in [6, 6.07) is 26.2. The predicted molar refractivity (Wildman–Crippen MR) is 116 cm³/mol. The maximum absolute atomic E-state index is 13.2. The van der Waals surface area contributed by atoms with Crippen molar-refractivity contribution in [1.29, 1.82) is 0 Å². The molecule has 0 radical (unpaired) electrons. The zero-order chi connectivity index (χ0) is 20.3. The molecule has 3 nitrogen and oxygen atoms in total. The molecular formula is C26H27NO2. The standard InChI is InChI=1S/C26H27NO2/c1-26(2)18-23(22-14-8-9-15-24(22)29-26)27-25(28)21-13-7-6-12-20(21)17-16-19-10-4-3-5-11-19/h3-15,23H,16-18H2,1-2H3,(H,27,28). The van der Waals surface area contributed by atoms with E-state index in [0.29, 0.717) is 0 Å². The molecule has 0 spiro atoms. The summed E-state index contributed by atoms with van der Waals surface area (Å²) in [4.78, 5) is 13.2. The van der Waals surface area contributed by atoms with Gasteiger partial charge in [-0.05, 0) is 49.9 Å². The molecule has 0 bridgehead atoms. The third-order valence-corrected chi connectivity index (χ3v) is 5.47. The number of carbonyl (C=O) groups excluding carboxylic acids is 1. The van der Waals surface area contributed by atoms with Gasteiger partial charge in [-0.25, -0.2) is 0 Å². The summed E-state index contributed by atoms with van der Waals surface area (Å²) in [5, 5.41) is 3.27. The van der Waals surface area contributed by atoms with E-state index in [-0.39, 0.29) is 17.6 Å². The monoisotopic (exact) mass is 385 g/mol. The van der Waals surface area contributed by atoms with Gasteiger partial charge in [-0.3, -0.25) is 4.79 Å². The van der Waals surface area contributed by atoms with E-state index in [4.69, 9.17) is 4.74 Å². The largest absolute Gasteiger partial charge is 0.487 e.